The van der Waals surface area contributed by atoms with E-state index in [0.717, 1.165) is 13.0 Å². The molecule has 1 heterocycles. The van der Waals surface area contributed by atoms with Crippen LogP contribution in [0, 0.1) is 5.41 Å². The van der Waals surface area contributed by atoms with Gasteiger partial charge >= 0.3 is 0 Å². The van der Waals surface area contributed by atoms with E-state index < -0.39 is 0 Å². The smallest absolute Gasteiger partial charge is 0.269 e. The fourth-order valence-electron chi connectivity index (χ4n) is 2.33. The van der Waals surface area contributed by atoms with E-state index in [-0.39, 0.29) is 5.91 Å². The molecular weight excluding hydrogens is 228 g/mol. The molecule has 0 atom stereocenters. The molecule has 1 aliphatic rings. The van der Waals surface area contributed by atoms with E-state index in [1.165, 1.54) is 19.3 Å². The van der Waals surface area contributed by atoms with Crippen LogP contribution in [-0.4, -0.2) is 17.4 Å². The molecule has 5 nitrogen and oxygen atoms in total. The van der Waals surface area contributed by atoms with Gasteiger partial charge in [-0.15, -0.1) is 0 Å². The fraction of sp³-hybridized carbons (Fsp3) is 0.538. The molecule has 0 spiro atoms. The number of pyridine rings is 1. The van der Waals surface area contributed by atoms with Crippen molar-refractivity contribution in [2.24, 2.45) is 11.3 Å². The van der Waals surface area contributed by atoms with Crippen LogP contribution in [0.15, 0.2) is 18.3 Å². The van der Waals surface area contributed by atoms with E-state index in [0.29, 0.717) is 16.8 Å². The number of aromatic nitrogens is 1. The van der Waals surface area contributed by atoms with Gasteiger partial charge in [0, 0.05) is 12.7 Å². The van der Waals surface area contributed by atoms with Crippen molar-refractivity contribution in [2.45, 2.75) is 32.6 Å². The molecule has 5 heteroatoms. The summed E-state index contributed by atoms with van der Waals surface area (Å²) in [6.45, 7) is 2.92. The van der Waals surface area contributed by atoms with Crippen LogP contribution in [0.4, 0.5) is 5.69 Å². The monoisotopic (exact) mass is 248 g/mol. The Morgan fingerprint density at radius 1 is 1.56 bits per heavy atom. The maximum absolute atomic E-state index is 12.0. The highest BCUT2D eigenvalue weighted by molar-refractivity contribution is 5.93. The first-order chi connectivity index (χ1) is 8.69. The summed E-state index contributed by atoms with van der Waals surface area (Å²) < 4.78 is 0. The highest BCUT2D eigenvalue weighted by atomic mass is 16.1. The lowest BCUT2D eigenvalue weighted by atomic mass is 9.67. The number of amides is 1. The van der Waals surface area contributed by atoms with Gasteiger partial charge in [0.25, 0.3) is 5.91 Å². The van der Waals surface area contributed by atoms with Gasteiger partial charge in [-0.2, -0.15) is 0 Å². The number of carbonyl (C=O) groups is 1. The highest BCUT2D eigenvalue weighted by Crippen LogP contribution is 2.43. The van der Waals surface area contributed by atoms with E-state index in [1.54, 1.807) is 18.3 Å². The lowest BCUT2D eigenvalue weighted by Crippen LogP contribution is -2.41. The molecule has 4 N–H and O–H groups in total. The van der Waals surface area contributed by atoms with E-state index in [1.807, 2.05) is 0 Å². The van der Waals surface area contributed by atoms with Gasteiger partial charge < -0.3 is 10.7 Å². The number of nitrogen functional groups attached to an aromatic ring is 1. The predicted molar refractivity (Wildman–Crippen MR) is 71.0 cm³/mol. The van der Waals surface area contributed by atoms with Crippen LogP contribution < -0.4 is 16.6 Å². The van der Waals surface area contributed by atoms with Gasteiger partial charge in [0.15, 0.2) is 0 Å². The molecule has 1 amide bonds. The minimum atomic E-state index is -0.133. The van der Waals surface area contributed by atoms with Crippen molar-refractivity contribution in [3.05, 3.63) is 24.0 Å². The topological polar surface area (TPSA) is 80.0 Å². The first-order valence-electron chi connectivity index (χ1n) is 6.40. The van der Waals surface area contributed by atoms with Crippen molar-refractivity contribution in [2.75, 3.05) is 12.0 Å². The van der Waals surface area contributed by atoms with Crippen molar-refractivity contribution in [3.8, 4) is 0 Å². The summed E-state index contributed by atoms with van der Waals surface area (Å²) >= 11 is 0. The third kappa shape index (κ3) is 2.61. The van der Waals surface area contributed by atoms with Crippen molar-refractivity contribution < 1.29 is 4.79 Å². The molecular formula is C13H20N4O. The van der Waals surface area contributed by atoms with Crippen molar-refractivity contribution in [3.63, 3.8) is 0 Å². The van der Waals surface area contributed by atoms with Gasteiger partial charge in [0.2, 0.25) is 0 Å². The number of rotatable bonds is 5. The van der Waals surface area contributed by atoms with Crippen LogP contribution in [-0.2, 0) is 0 Å². The summed E-state index contributed by atoms with van der Waals surface area (Å²) in [6, 6.07) is 3.37. The molecule has 0 aromatic carbocycles. The van der Waals surface area contributed by atoms with Gasteiger partial charge in [-0.05, 0) is 36.8 Å². The normalized spacial score (nSPS) is 16.8. The van der Waals surface area contributed by atoms with Crippen LogP contribution in [0.2, 0.25) is 0 Å². The maximum atomic E-state index is 12.0. The number of nitrogens with zero attached hydrogens (tertiary/aromatic N) is 1. The fourth-order valence-corrected chi connectivity index (χ4v) is 2.33. The molecule has 0 bridgehead atoms. The van der Waals surface area contributed by atoms with Crippen molar-refractivity contribution in [1.82, 2.24) is 10.3 Å². The Labute approximate surface area is 107 Å². The molecule has 0 saturated heterocycles. The van der Waals surface area contributed by atoms with E-state index >= 15 is 0 Å². The Bertz CT molecular complexity index is 423. The molecule has 1 saturated carbocycles. The Hall–Kier alpha value is -1.62. The Morgan fingerprint density at radius 2 is 2.33 bits per heavy atom. The zero-order chi connectivity index (χ0) is 13.0. The number of hydrazine groups is 1. The average molecular weight is 248 g/mol. The zero-order valence-electron chi connectivity index (χ0n) is 10.7. The third-order valence-corrected chi connectivity index (χ3v) is 3.95. The second-order valence-corrected chi connectivity index (χ2v) is 4.96. The second-order valence-electron chi connectivity index (χ2n) is 4.96. The summed E-state index contributed by atoms with van der Waals surface area (Å²) in [5.41, 5.74) is 3.91. The molecule has 98 valence electrons. The quantitative estimate of drug-likeness (QED) is 0.547. The number of anilines is 1. The molecule has 0 unspecified atom stereocenters. The molecule has 1 aromatic rings. The summed E-state index contributed by atoms with van der Waals surface area (Å²) in [6.07, 6.45) is 6.38. The first-order valence-corrected chi connectivity index (χ1v) is 6.40. The standard InChI is InChI=1S/C13H20N4O/c1-2-13(5-3-6-13)9-16-12(18)11-8-10(17-14)4-7-15-11/h4,7-8H,2-3,5-6,9,14H2,1H3,(H,15,17)(H,16,18). The summed E-state index contributed by atoms with van der Waals surface area (Å²) in [5, 5.41) is 2.97. The summed E-state index contributed by atoms with van der Waals surface area (Å²) in [7, 11) is 0. The molecule has 1 aromatic heterocycles. The third-order valence-electron chi connectivity index (χ3n) is 3.95. The molecule has 0 aliphatic heterocycles. The zero-order valence-corrected chi connectivity index (χ0v) is 10.7. The van der Waals surface area contributed by atoms with Crippen LogP contribution in [0.3, 0.4) is 0 Å². The van der Waals surface area contributed by atoms with Gasteiger partial charge in [-0.25, -0.2) is 0 Å². The van der Waals surface area contributed by atoms with Gasteiger partial charge in [0.05, 0.1) is 5.69 Å². The molecule has 2 rings (SSSR count). The van der Waals surface area contributed by atoms with Crippen molar-refractivity contribution >= 4 is 11.6 Å². The predicted octanol–water partition coefficient (Wildman–Crippen LogP) is 1.68. The molecule has 1 fully saturated rings. The number of hydrogen-bond donors (Lipinski definition) is 3. The van der Waals surface area contributed by atoms with E-state index in [4.69, 9.17) is 5.84 Å². The van der Waals surface area contributed by atoms with Crippen LogP contribution in [0.5, 0.6) is 0 Å². The largest absolute Gasteiger partial charge is 0.350 e. The Kier molecular flexibility index (Phi) is 3.81. The number of hydrogen-bond acceptors (Lipinski definition) is 4. The SMILES string of the molecule is CCC1(CNC(=O)c2cc(NN)ccn2)CCC1. The minimum Gasteiger partial charge on any atom is -0.350 e. The average Bonchev–Trinajstić information content (AvgIpc) is 2.38. The maximum Gasteiger partial charge on any atom is 0.269 e. The summed E-state index contributed by atoms with van der Waals surface area (Å²) in [4.78, 5) is 16.0. The van der Waals surface area contributed by atoms with Gasteiger partial charge in [0.1, 0.15) is 5.69 Å². The van der Waals surface area contributed by atoms with E-state index in [9.17, 15) is 4.79 Å². The lowest BCUT2D eigenvalue weighted by molar-refractivity contribution is 0.0845. The number of carbonyl (C=O) groups excluding carboxylic acids is 1. The molecule has 0 radical (unpaired) electrons. The molecule has 1 aliphatic carbocycles. The van der Waals surface area contributed by atoms with Crippen LogP contribution in [0.25, 0.3) is 0 Å². The highest BCUT2D eigenvalue weighted by Gasteiger charge is 2.35. The molecule has 18 heavy (non-hydrogen) atoms. The van der Waals surface area contributed by atoms with Crippen LogP contribution >= 0.6 is 0 Å². The summed E-state index contributed by atoms with van der Waals surface area (Å²) in [5.74, 6) is 5.17. The van der Waals surface area contributed by atoms with Crippen molar-refractivity contribution in [1.29, 1.82) is 0 Å². The van der Waals surface area contributed by atoms with E-state index in [2.05, 4.69) is 22.7 Å². The van der Waals surface area contributed by atoms with Gasteiger partial charge in [-0.1, -0.05) is 13.3 Å². The Balaban J connectivity index is 1.95. The minimum absolute atomic E-state index is 0.133. The number of nitrogens with two attached hydrogens (primary N) is 1. The lowest BCUT2D eigenvalue weighted by Gasteiger charge is -2.41. The Morgan fingerprint density at radius 3 is 2.89 bits per heavy atom. The first kappa shape index (κ1) is 12.8. The van der Waals surface area contributed by atoms with Gasteiger partial charge in [-0.3, -0.25) is 15.6 Å². The second kappa shape index (κ2) is 5.35. The number of nitrogens with one attached hydrogen (secondary N) is 2. The van der Waals surface area contributed by atoms with Crippen LogP contribution in [0.1, 0.15) is 43.1 Å².